The number of nitrogen functional groups attached to an aromatic ring is 1. The summed E-state index contributed by atoms with van der Waals surface area (Å²) in [5.41, 5.74) is 7.41. The van der Waals surface area contributed by atoms with Crippen LogP contribution < -0.4 is 20.5 Å². The van der Waals surface area contributed by atoms with Gasteiger partial charge in [0.2, 0.25) is 6.23 Å². The van der Waals surface area contributed by atoms with Crippen molar-refractivity contribution in [3.8, 4) is 5.88 Å². The van der Waals surface area contributed by atoms with Gasteiger partial charge in [-0.2, -0.15) is 4.31 Å². The van der Waals surface area contributed by atoms with Gasteiger partial charge in [0, 0.05) is 29.5 Å². The van der Waals surface area contributed by atoms with Gasteiger partial charge < -0.3 is 40.6 Å². The Morgan fingerprint density at radius 3 is 2.77 bits per heavy atom. The lowest BCUT2D eigenvalue weighted by Gasteiger charge is -2.19. The van der Waals surface area contributed by atoms with Crippen molar-refractivity contribution in [2.24, 2.45) is 7.05 Å². The number of benzene rings is 1. The van der Waals surface area contributed by atoms with Gasteiger partial charge in [0.25, 0.3) is 5.95 Å². The smallest absolute Gasteiger partial charge is 0.480 e. The van der Waals surface area contributed by atoms with Crippen molar-refractivity contribution >= 4 is 43.6 Å². The number of rotatable bonds is 10. The number of nitrogens with two attached hydrogens (primary N) is 1. The van der Waals surface area contributed by atoms with Gasteiger partial charge in [-0.1, -0.05) is 23.2 Å². The van der Waals surface area contributed by atoms with E-state index >= 15 is 0 Å². The summed E-state index contributed by atoms with van der Waals surface area (Å²) in [6, 6.07) is 7.48. The van der Waals surface area contributed by atoms with Crippen molar-refractivity contribution in [3.63, 3.8) is 0 Å². The van der Waals surface area contributed by atoms with E-state index in [-0.39, 0.29) is 23.7 Å². The van der Waals surface area contributed by atoms with E-state index in [1.54, 1.807) is 6.20 Å². The first-order valence-corrected chi connectivity index (χ1v) is 15.0. The number of H-pyrrole nitrogens is 1. The fraction of sp³-hybridized carbons (Fsp3) is 0.381. The predicted octanol–water partition coefficient (Wildman–Crippen LogP) is -0.922. The zero-order valence-corrected chi connectivity index (χ0v) is 22.7. The van der Waals surface area contributed by atoms with Crippen molar-refractivity contribution in [2.75, 3.05) is 18.9 Å². The van der Waals surface area contributed by atoms with Gasteiger partial charge in [-0.3, -0.25) is 9.09 Å². The van der Waals surface area contributed by atoms with E-state index in [1.165, 1.54) is 22.5 Å². The number of nitrogens with zero attached hydrogens (tertiary/aromatic N) is 4. The maximum atomic E-state index is 12.4. The lowest BCUT2D eigenvalue weighted by atomic mass is 10.1. The van der Waals surface area contributed by atoms with Crippen LogP contribution in [0, 0.1) is 0 Å². The number of hydrogen-bond donors (Lipinski definition) is 7. The van der Waals surface area contributed by atoms with Gasteiger partial charge in [0.15, 0.2) is 11.8 Å². The number of phosphoric ester groups is 1. The monoisotopic (exact) mass is 599 g/mol. The Morgan fingerprint density at radius 1 is 1.25 bits per heavy atom. The second-order valence-electron chi connectivity index (χ2n) is 9.12. The van der Waals surface area contributed by atoms with Gasteiger partial charge in [0.1, 0.15) is 18.3 Å². The molecule has 0 saturated carbocycles. The molecule has 0 bridgehead atoms. The standard InChI is InChI=1S/C21H27N7O10P2/c1-27-10-28(18-15(27)19(31)26-21(22)25-18)20-17(30)16(29)14(37-20)9-36-40(34,35)38-39(32,33)24-7-6-11-8-23-13-5-3-2-4-12(11)13/h2-5,8,10,14,16-17,20,23,29-30H,6-7,9H2,1H3,(H5-,22,24,25,26,31,32,33,34,35)/t14-,16-,17-,20-/m1/s1. The summed E-state index contributed by atoms with van der Waals surface area (Å²) in [5.74, 6) is -0.981. The third kappa shape index (κ3) is 5.75. The molecule has 0 spiro atoms. The van der Waals surface area contributed by atoms with Crippen LogP contribution in [0.5, 0.6) is 5.88 Å². The highest BCUT2D eigenvalue weighted by atomic mass is 31.3. The molecule has 0 amide bonds. The minimum absolute atomic E-state index is 0.0221. The summed E-state index contributed by atoms with van der Waals surface area (Å²) < 4.78 is 42.3. The number of aromatic nitrogens is 5. The van der Waals surface area contributed by atoms with E-state index in [4.69, 9.17) is 15.0 Å². The average Bonchev–Trinajstić information content (AvgIpc) is 3.51. The lowest BCUT2D eigenvalue weighted by molar-refractivity contribution is -0.745. The van der Waals surface area contributed by atoms with Gasteiger partial charge in [0.05, 0.1) is 13.7 Å². The molecular formula is C21H27N7O10P2. The van der Waals surface area contributed by atoms with Crippen LogP contribution in [-0.2, 0) is 36.2 Å². The Bertz CT molecular complexity index is 1640. The largest absolute Gasteiger partial charge is 0.856 e. The Kier molecular flexibility index (Phi) is 7.71. The second-order valence-corrected chi connectivity index (χ2v) is 12.3. The number of aromatic amines is 1. The molecule has 4 heterocycles. The number of imidazole rings is 1. The third-order valence-corrected chi connectivity index (χ3v) is 9.16. The van der Waals surface area contributed by atoms with Crippen molar-refractivity contribution in [1.82, 2.24) is 24.6 Å². The lowest BCUT2D eigenvalue weighted by Crippen LogP contribution is -2.46. The molecule has 1 saturated heterocycles. The van der Waals surface area contributed by atoms with Crippen LogP contribution in [0.25, 0.3) is 22.1 Å². The van der Waals surface area contributed by atoms with Crippen LogP contribution in [0.15, 0.2) is 36.8 Å². The summed E-state index contributed by atoms with van der Waals surface area (Å²) in [5, 5.41) is 36.4. The van der Waals surface area contributed by atoms with E-state index in [2.05, 4.69) is 24.3 Å². The van der Waals surface area contributed by atoms with Crippen LogP contribution >= 0.6 is 15.6 Å². The topological polar surface area (TPSA) is 254 Å². The van der Waals surface area contributed by atoms with Crippen LogP contribution in [0.3, 0.4) is 0 Å². The minimum Gasteiger partial charge on any atom is -0.856 e. The molecule has 0 radical (unpaired) electrons. The first-order chi connectivity index (χ1) is 18.8. The number of para-hydroxylation sites is 1. The highest BCUT2D eigenvalue weighted by molar-refractivity contribution is 7.62. The van der Waals surface area contributed by atoms with Crippen molar-refractivity contribution < 1.29 is 52.4 Å². The van der Waals surface area contributed by atoms with E-state index in [9.17, 15) is 34.2 Å². The van der Waals surface area contributed by atoms with E-state index in [0.717, 1.165) is 16.5 Å². The number of anilines is 1. The number of fused-ring (bicyclic) bond motifs is 2. The number of aryl methyl sites for hydroxylation is 1. The molecule has 1 fully saturated rings. The van der Waals surface area contributed by atoms with Crippen molar-refractivity contribution in [1.29, 1.82) is 0 Å². The molecular weight excluding hydrogens is 572 g/mol. The summed E-state index contributed by atoms with van der Waals surface area (Å²) in [6.07, 6.45) is -2.43. The Morgan fingerprint density at radius 2 is 2.00 bits per heavy atom. The van der Waals surface area contributed by atoms with E-state index in [1.807, 2.05) is 24.3 Å². The molecule has 1 aromatic carbocycles. The fourth-order valence-corrected chi connectivity index (χ4v) is 6.81. The highest BCUT2D eigenvalue weighted by Crippen LogP contribution is 2.57. The molecule has 5 rings (SSSR count). The normalized spacial score (nSPS) is 24.4. The van der Waals surface area contributed by atoms with Gasteiger partial charge in [-0.25, -0.2) is 23.8 Å². The summed E-state index contributed by atoms with van der Waals surface area (Å²) in [4.78, 5) is 30.7. The molecule has 19 heteroatoms. The first kappa shape index (κ1) is 28.6. The minimum atomic E-state index is -5.14. The van der Waals surface area contributed by atoms with Crippen LogP contribution in [0.1, 0.15) is 11.8 Å². The third-order valence-electron chi connectivity index (χ3n) is 6.35. The van der Waals surface area contributed by atoms with E-state index in [0.29, 0.717) is 6.42 Å². The number of aliphatic hydroxyl groups is 2. The molecule has 3 aromatic heterocycles. The Balaban J connectivity index is 1.19. The SMILES string of the molecule is Cn1c[n+]([C@@H]2O[C@H](COP(=O)(O)OP(=O)(O)NCCc3c[nH]c4ccccc34)[C@@H](O)[C@H]2O)c2nc(N)nc([O-])c21. The second kappa shape index (κ2) is 10.8. The number of aliphatic hydroxyl groups excluding tert-OH is 2. The molecule has 40 heavy (non-hydrogen) atoms. The molecule has 4 aromatic rings. The number of ether oxygens (including phenoxy) is 1. The van der Waals surface area contributed by atoms with Gasteiger partial charge in [-0.15, -0.1) is 0 Å². The van der Waals surface area contributed by atoms with Crippen LogP contribution in [0.2, 0.25) is 0 Å². The molecule has 1 aliphatic heterocycles. The first-order valence-electron chi connectivity index (χ1n) is 11.9. The Hall–Kier alpha value is -2.95. The fourth-order valence-electron chi connectivity index (χ4n) is 4.54. The summed E-state index contributed by atoms with van der Waals surface area (Å²) >= 11 is 0. The average molecular weight is 599 g/mol. The maximum Gasteiger partial charge on any atom is 0.480 e. The van der Waals surface area contributed by atoms with Gasteiger partial charge >= 0.3 is 21.2 Å². The van der Waals surface area contributed by atoms with Crippen LogP contribution in [-0.4, -0.2) is 71.0 Å². The number of nitrogens with one attached hydrogen (secondary N) is 2. The summed E-state index contributed by atoms with van der Waals surface area (Å²) in [7, 11) is -8.40. The quantitative estimate of drug-likeness (QED) is 0.0860. The van der Waals surface area contributed by atoms with Gasteiger partial charge in [-0.05, 0) is 18.1 Å². The molecule has 0 aliphatic carbocycles. The molecule has 8 N–H and O–H groups in total. The molecule has 6 atom stereocenters. The highest BCUT2D eigenvalue weighted by Gasteiger charge is 2.48. The molecule has 2 unspecified atom stereocenters. The predicted molar refractivity (Wildman–Crippen MR) is 135 cm³/mol. The zero-order valence-electron chi connectivity index (χ0n) is 20.9. The zero-order chi connectivity index (χ0) is 28.8. The van der Waals surface area contributed by atoms with Crippen molar-refractivity contribution in [3.05, 3.63) is 42.4 Å². The molecule has 17 nitrogen and oxygen atoms in total. The molecule has 216 valence electrons. The summed E-state index contributed by atoms with van der Waals surface area (Å²) in [6.45, 7) is -0.859. The van der Waals surface area contributed by atoms with E-state index < -0.39 is 52.6 Å². The maximum absolute atomic E-state index is 12.4. The Labute approximate surface area is 226 Å². The van der Waals surface area contributed by atoms with Crippen LogP contribution in [0.4, 0.5) is 5.95 Å². The number of phosphoric acid groups is 1. The molecule has 1 aliphatic rings. The number of hydrogen-bond acceptors (Lipinski definition) is 11. The van der Waals surface area contributed by atoms with Crippen molar-refractivity contribution in [2.45, 2.75) is 31.0 Å².